The van der Waals surface area contributed by atoms with E-state index in [0.29, 0.717) is 52.0 Å². The maximum Gasteiger partial charge on any atom is 0.348 e. The Morgan fingerprint density at radius 2 is 2.06 bits per heavy atom. The molecule has 0 unspecified atom stereocenters. The summed E-state index contributed by atoms with van der Waals surface area (Å²) in [7, 11) is 1.52. The number of nitrogens with zero attached hydrogens (tertiary/aromatic N) is 1. The van der Waals surface area contributed by atoms with Crippen LogP contribution in [0.4, 0.5) is 0 Å². The first kappa shape index (κ1) is 21.4. The lowest BCUT2D eigenvalue weighted by molar-refractivity contribution is 0.0393. The Morgan fingerprint density at radius 3 is 2.84 bits per heavy atom. The fourth-order valence-corrected chi connectivity index (χ4v) is 4.39. The van der Waals surface area contributed by atoms with Crippen LogP contribution in [-0.4, -0.2) is 49.5 Å². The third kappa shape index (κ3) is 4.43. The van der Waals surface area contributed by atoms with Gasteiger partial charge in [0.15, 0.2) is 17.3 Å². The summed E-state index contributed by atoms with van der Waals surface area (Å²) in [5.74, 6) is 0.990. The molecule has 0 aliphatic carbocycles. The van der Waals surface area contributed by atoms with Crippen LogP contribution in [0.2, 0.25) is 0 Å². The van der Waals surface area contributed by atoms with E-state index in [1.54, 1.807) is 25.1 Å². The van der Waals surface area contributed by atoms with Crippen molar-refractivity contribution in [3.8, 4) is 11.5 Å². The Morgan fingerprint density at radius 1 is 1.29 bits per heavy atom. The fourth-order valence-electron chi connectivity index (χ4n) is 3.10. The largest absolute Gasteiger partial charge is 0.486 e. The standard InChI is InChI=1S/C21H19ClN2O6S/c1-11-16-19(25)23-18(24-20(16)31-17(11)21(26)30-6-5-27-2)13(22)9-12-3-4-14-15(10-12)29-8-7-28-14/h3-4,9-10H,5-8H2,1-2H3,(H,23,24,25)/b13-9-. The normalized spacial score (nSPS) is 13.5. The molecule has 3 aromatic rings. The first-order valence-electron chi connectivity index (χ1n) is 9.44. The molecule has 2 aromatic heterocycles. The van der Waals surface area contributed by atoms with Crippen LogP contribution in [0.25, 0.3) is 21.3 Å². The van der Waals surface area contributed by atoms with E-state index < -0.39 is 5.97 Å². The Kier molecular flexibility index (Phi) is 6.26. The molecule has 0 saturated carbocycles. The van der Waals surface area contributed by atoms with E-state index in [4.69, 9.17) is 30.5 Å². The minimum absolute atomic E-state index is 0.127. The van der Waals surface area contributed by atoms with Crippen LogP contribution in [0.3, 0.4) is 0 Å². The molecule has 31 heavy (non-hydrogen) atoms. The van der Waals surface area contributed by atoms with Crippen LogP contribution in [-0.2, 0) is 9.47 Å². The van der Waals surface area contributed by atoms with Crippen LogP contribution in [0, 0.1) is 6.92 Å². The number of esters is 1. The third-order valence-corrected chi connectivity index (χ3v) is 6.05. The average Bonchev–Trinajstić information content (AvgIpc) is 3.10. The zero-order chi connectivity index (χ0) is 22.0. The van der Waals surface area contributed by atoms with Crippen molar-refractivity contribution >= 4 is 50.2 Å². The van der Waals surface area contributed by atoms with Crippen molar-refractivity contribution in [1.29, 1.82) is 0 Å². The summed E-state index contributed by atoms with van der Waals surface area (Å²) in [5, 5.41) is 0.585. The van der Waals surface area contributed by atoms with Crippen LogP contribution >= 0.6 is 22.9 Å². The molecule has 3 heterocycles. The quantitative estimate of drug-likeness (QED) is 0.441. The van der Waals surface area contributed by atoms with E-state index in [0.717, 1.165) is 16.9 Å². The minimum atomic E-state index is -0.517. The summed E-state index contributed by atoms with van der Waals surface area (Å²) < 4.78 is 21.1. The van der Waals surface area contributed by atoms with Crippen molar-refractivity contribution in [2.24, 2.45) is 0 Å². The van der Waals surface area contributed by atoms with E-state index in [2.05, 4.69) is 9.97 Å². The van der Waals surface area contributed by atoms with E-state index in [-0.39, 0.29) is 23.0 Å². The lowest BCUT2D eigenvalue weighted by atomic mass is 10.1. The number of hydrogen-bond donors (Lipinski definition) is 1. The Hall–Kier alpha value is -2.88. The van der Waals surface area contributed by atoms with Crippen molar-refractivity contribution in [3.05, 3.63) is 50.4 Å². The molecule has 4 rings (SSSR count). The summed E-state index contributed by atoms with van der Waals surface area (Å²) in [4.78, 5) is 32.9. The summed E-state index contributed by atoms with van der Waals surface area (Å²) in [6, 6.07) is 5.43. The van der Waals surface area contributed by atoms with Crippen molar-refractivity contribution in [1.82, 2.24) is 9.97 Å². The second-order valence-corrected chi connectivity index (χ2v) is 8.08. The number of aryl methyl sites for hydroxylation is 1. The van der Waals surface area contributed by atoms with Gasteiger partial charge in [-0.05, 0) is 36.3 Å². The Balaban J connectivity index is 1.66. The first-order chi connectivity index (χ1) is 15.0. The zero-order valence-electron chi connectivity index (χ0n) is 16.8. The summed E-state index contributed by atoms with van der Waals surface area (Å²) >= 11 is 7.54. The zero-order valence-corrected chi connectivity index (χ0v) is 18.4. The summed E-state index contributed by atoms with van der Waals surface area (Å²) in [6.45, 7) is 3.10. The van der Waals surface area contributed by atoms with Gasteiger partial charge in [0.2, 0.25) is 0 Å². The number of methoxy groups -OCH3 is 1. The number of rotatable bonds is 6. The minimum Gasteiger partial charge on any atom is -0.486 e. The highest BCUT2D eigenvalue weighted by molar-refractivity contribution is 7.20. The average molecular weight is 463 g/mol. The number of carbonyl (C=O) groups excluding carboxylic acids is 1. The number of halogens is 1. The monoisotopic (exact) mass is 462 g/mol. The number of nitrogens with one attached hydrogen (secondary N) is 1. The molecule has 10 heteroatoms. The number of carbonyl (C=O) groups is 1. The van der Waals surface area contributed by atoms with Gasteiger partial charge in [-0.15, -0.1) is 11.3 Å². The maximum atomic E-state index is 12.7. The van der Waals surface area contributed by atoms with Gasteiger partial charge in [-0.1, -0.05) is 17.7 Å². The van der Waals surface area contributed by atoms with Crippen molar-refractivity contribution in [3.63, 3.8) is 0 Å². The number of ether oxygens (including phenoxy) is 4. The predicted molar refractivity (Wildman–Crippen MR) is 118 cm³/mol. The highest BCUT2D eigenvalue weighted by atomic mass is 35.5. The van der Waals surface area contributed by atoms with Crippen molar-refractivity contribution < 1.29 is 23.7 Å². The maximum absolute atomic E-state index is 12.7. The van der Waals surface area contributed by atoms with Crippen molar-refractivity contribution in [2.75, 3.05) is 33.5 Å². The predicted octanol–water partition coefficient (Wildman–Crippen LogP) is 3.60. The molecule has 0 amide bonds. The van der Waals surface area contributed by atoms with E-state index in [1.807, 2.05) is 6.07 Å². The molecule has 0 radical (unpaired) electrons. The number of fused-ring (bicyclic) bond motifs is 2. The van der Waals surface area contributed by atoms with Gasteiger partial charge in [-0.3, -0.25) is 4.79 Å². The number of aromatic nitrogens is 2. The van der Waals surface area contributed by atoms with Crippen molar-refractivity contribution in [2.45, 2.75) is 6.92 Å². The molecule has 0 fully saturated rings. The van der Waals surface area contributed by atoms with Gasteiger partial charge in [0.05, 0.1) is 17.0 Å². The van der Waals surface area contributed by atoms with Crippen LogP contribution < -0.4 is 15.0 Å². The lowest BCUT2D eigenvalue weighted by Crippen LogP contribution is -2.15. The van der Waals surface area contributed by atoms with Gasteiger partial charge in [0.25, 0.3) is 5.56 Å². The SMILES string of the molecule is COCCOC(=O)c1sc2nc(/C(Cl)=C/c3ccc4c(c3)OCCO4)[nH]c(=O)c2c1C. The number of aromatic amines is 1. The lowest BCUT2D eigenvalue weighted by Gasteiger charge is -2.18. The molecule has 0 spiro atoms. The number of H-pyrrole nitrogens is 1. The second kappa shape index (κ2) is 9.09. The van der Waals surface area contributed by atoms with Crippen LogP contribution in [0.1, 0.15) is 26.6 Å². The first-order valence-corrected chi connectivity index (χ1v) is 10.6. The molecular formula is C21H19ClN2O6S. The summed E-state index contributed by atoms with van der Waals surface area (Å²) in [6.07, 6.45) is 1.67. The van der Waals surface area contributed by atoms with Crippen LogP contribution in [0.15, 0.2) is 23.0 Å². The Labute approximate surface area is 186 Å². The fraction of sp³-hybridized carbons (Fsp3) is 0.286. The highest BCUT2D eigenvalue weighted by Crippen LogP contribution is 2.33. The highest BCUT2D eigenvalue weighted by Gasteiger charge is 2.21. The Bertz CT molecular complexity index is 1230. The molecular weight excluding hydrogens is 444 g/mol. The van der Waals surface area contributed by atoms with E-state index in [9.17, 15) is 9.59 Å². The van der Waals surface area contributed by atoms with Gasteiger partial charge in [-0.2, -0.15) is 0 Å². The van der Waals surface area contributed by atoms with Gasteiger partial charge < -0.3 is 23.9 Å². The van der Waals surface area contributed by atoms with Gasteiger partial charge in [0.1, 0.15) is 29.5 Å². The second-order valence-electron chi connectivity index (χ2n) is 6.67. The number of hydrogen-bond acceptors (Lipinski definition) is 8. The van der Waals surface area contributed by atoms with E-state index in [1.165, 1.54) is 7.11 Å². The number of thiophene rings is 1. The molecule has 1 aliphatic rings. The molecule has 0 atom stereocenters. The molecule has 0 saturated heterocycles. The van der Waals surface area contributed by atoms with E-state index >= 15 is 0 Å². The van der Waals surface area contributed by atoms with Gasteiger partial charge >= 0.3 is 5.97 Å². The smallest absolute Gasteiger partial charge is 0.348 e. The topological polar surface area (TPSA) is 99.7 Å². The molecule has 1 aromatic carbocycles. The summed E-state index contributed by atoms with van der Waals surface area (Å²) in [5.41, 5.74) is 0.912. The third-order valence-electron chi connectivity index (χ3n) is 4.59. The molecule has 162 valence electrons. The molecule has 1 N–H and O–H groups in total. The molecule has 8 nitrogen and oxygen atoms in total. The van der Waals surface area contributed by atoms with Crippen LogP contribution in [0.5, 0.6) is 11.5 Å². The van der Waals surface area contributed by atoms with Gasteiger partial charge in [-0.25, -0.2) is 9.78 Å². The van der Waals surface area contributed by atoms with Gasteiger partial charge in [0, 0.05) is 7.11 Å². The number of benzene rings is 1. The molecule has 1 aliphatic heterocycles. The molecule has 0 bridgehead atoms.